The Morgan fingerprint density at radius 1 is 0.703 bits per heavy atom. The van der Waals surface area contributed by atoms with E-state index in [1.165, 1.54) is 20.8 Å². The third kappa shape index (κ3) is 9.62. The Morgan fingerprint density at radius 2 is 1.25 bits per heavy atom. The van der Waals surface area contributed by atoms with Crippen LogP contribution in [0.5, 0.6) is 0 Å². The minimum Gasteiger partial charge on any atom is -0.463 e. The van der Waals surface area contributed by atoms with Gasteiger partial charge in [0, 0.05) is 47.0 Å². The molecule has 0 amide bonds. The maximum atomic E-state index is 13.1. The van der Waals surface area contributed by atoms with Crippen molar-refractivity contribution in [3.63, 3.8) is 0 Å². The van der Waals surface area contributed by atoms with Crippen LogP contribution in [0.4, 0.5) is 0 Å². The molecule has 4 aliphatic carbocycles. The summed E-state index contributed by atoms with van der Waals surface area (Å²) in [5.74, 6) is -4.17. The molecule has 5 fully saturated rings. The van der Waals surface area contributed by atoms with E-state index in [9.17, 15) is 39.0 Å². The summed E-state index contributed by atoms with van der Waals surface area (Å²) in [4.78, 5) is 74.6. The van der Waals surface area contributed by atoms with Crippen LogP contribution in [0.3, 0.4) is 0 Å². The van der Waals surface area contributed by atoms with Gasteiger partial charge in [0.25, 0.3) is 0 Å². The molecule has 64 heavy (non-hydrogen) atoms. The number of aliphatic hydroxyl groups excluding tert-OH is 1. The monoisotopic (exact) mass is 906 g/mol. The zero-order valence-corrected chi connectivity index (χ0v) is 40.2. The van der Waals surface area contributed by atoms with Crippen molar-refractivity contribution in [1.29, 1.82) is 0 Å². The first kappa shape index (κ1) is 51.4. The fourth-order valence-electron chi connectivity index (χ4n) is 13.7. The van der Waals surface area contributed by atoms with E-state index in [-0.39, 0.29) is 40.5 Å². The van der Waals surface area contributed by atoms with E-state index in [1.54, 1.807) is 0 Å². The van der Waals surface area contributed by atoms with Gasteiger partial charge in [0.15, 0.2) is 30.7 Å². The predicted molar refractivity (Wildman–Crippen MR) is 228 cm³/mol. The summed E-state index contributed by atoms with van der Waals surface area (Å²) >= 11 is 0. The van der Waals surface area contributed by atoms with Gasteiger partial charge in [-0.15, -0.1) is 0 Å². The smallest absolute Gasteiger partial charge is 0.303 e. The van der Waals surface area contributed by atoms with E-state index in [2.05, 4.69) is 27.4 Å². The second kappa shape index (κ2) is 18.9. The summed E-state index contributed by atoms with van der Waals surface area (Å²) < 4.78 is 47.1. The average Bonchev–Trinajstić information content (AvgIpc) is 3.53. The summed E-state index contributed by atoms with van der Waals surface area (Å²) in [6.07, 6.45) is -5.70. The Morgan fingerprint density at radius 3 is 1.80 bits per heavy atom. The van der Waals surface area contributed by atoms with Gasteiger partial charge in [-0.2, -0.15) is 0 Å². The van der Waals surface area contributed by atoms with Crippen LogP contribution in [-0.4, -0.2) is 113 Å². The van der Waals surface area contributed by atoms with Gasteiger partial charge >= 0.3 is 35.8 Å². The first-order valence-electron chi connectivity index (χ1n) is 22.9. The molecular formula is C48H74O16. The molecule has 16 heteroatoms. The lowest BCUT2D eigenvalue weighted by Crippen LogP contribution is -2.73. The highest BCUT2D eigenvalue weighted by atomic mass is 16.7. The number of ether oxygens (including phenoxy) is 8. The van der Waals surface area contributed by atoms with Gasteiger partial charge in [0.1, 0.15) is 24.9 Å². The average molecular weight is 907 g/mol. The number of carbonyl (C=O) groups is 6. The maximum Gasteiger partial charge on any atom is 0.303 e. The number of carbonyl (C=O) groups excluding carboxylic acids is 6. The van der Waals surface area contributed by atoms with E-state index < -0.39 is 108 Å². The minimum atomic E-state index is -1.56. The number of fused-ring (bicyclic) bond motifs is 5. The van der Waals surface area contributed by atoms with Crippen molar-refractivity contribution >= 4 is 35.8 Å². The Kier molecular flexibility index (Phi) is 15.2. The molecule has 0 bridgehead atoms. The topological polar surface area (TPSA) is 217 Å². The molecule has 5 rings (SSSR count). The van der Waals surface area contributed by atoms with Gasteiger partial charge < -0.3 is 48.1 Å². The van der Waals surface area contributed by atoms with Crippen LogP contribution in [0.2, 0.25) is 0 Å². The van der Waals surface area contributed by atoms with Crippen LogP contribution < -0.4 is 0 Å². The number of esters is 6. The molecule has 0 aromatic carbocycles. The highest BCUT2D eigenvalue weighted by molar-refractivity contribution is 5.69. The second-order valence-corrected chi connectivity index (χ2v) is 21.0. The van der Waals surface area contributed by atoms with Crippen LogP contribution in [-0.2, 0) is 66.7 Å². The lowest BCUT2D eigenvalue weighted by molar-refractivity contribution is -0.357. The van der Waals surface area contributed by atoms with E-state index in [1.807, 2.05) is 27.7 Å². The van der Waals surface area contributed by atoms with Crippen LogP contribution in [0, 0.1) is 45.3 Å². The predicted octanol–water partition coefficient (Wildman–Crippen LogP) is 5.69. The SMILES string of the molecule is C=C(C)C(CC[C@@](C)(O)[C@H]1CC[C@]2(C)[C@@H]1CC[C@@H]1[C@@]3(C)[C@H](O)[C@@H](OC(C)=O)[C@H](O[C@@H]4O[C@H](COC(C)=O)[C@@H](OC(C)=O)[C@H](OC(C)=O)[C@H]4OC(C)=O)C(C)(C)[C@@H]3CC[C@]12C)OC(C)=O. The third-order valence-electron chi connectivity index (χ3n) is 16.6. The lowest BCUT2D eigenvalue weighted by atomic mass is 9.34. The van der Waals surface area contributed by atoms with Gasteiger partial charge in [-0.3, -0.25) is 28.8 Å². The molecule has 1 unspecified atom stereocenters. The van der Waals surface area contributed by atoms with Gasteiger partial charge in [0.2, 0.25) is 0 Å². The number of rotatable bonds is 14. The highest BCUT2D eigenvalue weighted by Crippen LogP contribution is 2.76. The van der Waals surface area contributed by atoms with E-state index in [0.717, 1.165) is 58.4 Å². The van der Waals surface area contributed by atoms with Crippen molar-refractivity contribution in [3.8, 4) is 0 Å². The molecule has 0 radical (unpaired) electrons. The normalized spacial score (nSPS) is 40.1. The standard InChI is InChI=1S/C48H74O16/c1-24(2)33(58-26(4)50)18-22-47(13,56)32-17-20-45(11)31(32)15-16-36-46(45,12)21-19-35-44(9,10)42(40(62-30(8)54)41(55)48(35,36)14)64-43-39(61-29(7)53)38(60-28(6)52)37(59-27(5)51)34(63-43)23-57-25(3)49/h31-43,55-56H,1,15-23H2,2-14H3/t31-,32+,33?,34-,35+,36+,37-,38+,39-,40-,41-,42+,43+,45-,46-,47-,48+/m1/s1. The molecule has 1 aliphatic heterocycles. The molecule has 2 N–H and O–H groups in total. The molecular weight excluding hydrogens is 833 g/mol. The van der Waals surface area contributed by atoms with E-state index in [0.29, 0.717) is 19.3 Å². The molecule has 1 saturated heterocycles. The van der Waals surface area contributed by atoms with E-state index >= 15 is 0 Å². The maximum absolute atomic E-state index is 13.1. The quantitative estimate of drug-likeness (QED) is 0.0926. The fraction of sp³-hybridized carbons (Fsp3) is 0.833. The van der Waals surface area contributed by atoms with Gasteiger partial charge in [-0.05, 0) is 111 Å². The number of aliphatic hydroxyl groups is 2. The zero-order chi connectivity index (χ0) is 48.1. The van der Waals surface area contributed by atoms with Crippen molar-refractivity contribution in [2.45, 2.75) is 202 Å². The molecule has 5 aliphatic rings. The van der Waals surface area contributed by atoms with Crippen molar-refractivity contribution in [3.05, 3.63) is 12.2 Å². The second-order valence-electron chi connectivity index (χ2n) is 21.0. The minimum absolute atomic E-state index is 0.00946. The molecule has 0 aromatic heterocycles. The molecule has 0 spiro atoms. The molecule has 362 valence electrons. The van der Waals surface area contributed by atoms with Crippen molar-refractivity contribution in [2.75, 3.05) is 6.61 Å². The van der Waals surface area contributed by atoms with Crippen molar-refractivity contribution in [2.24, 2.45) is 45.3 Å². The van der Waals surface area contributed by atoms with Crippen LogP contribution in [0.1, 0.15) is 141 Å². The van der Waals surface area contributed by atoms with Crippen LogP contribution >= 0.6 is 0 Å². The Labute approximate surface area is 378 Å². The van der Waals surface area contributed by atoms with Crippen molar-refractivity contribution in [1.82, 2.24) is 0 Å². The number of hydrogen-bond donors (Lipinski definition) is 2. The molecule has 4 saturated carbocycles. The first-order valence-corrected chi connectivity index (χ1v) is 22.9. The van der Waals surface area contributed by atoms with Gasteiger partial charge in [-0.1, -0.05) is 41.2 Å². The molecule has 1 heterocycles. The number of hydrogen-bond acceptors (Lipinski definition) is 16. The van der Waals surface area contributed by atoms with Crippen molar-refractivity contribution < 1.29 is 76.9 Å². The Bertz CT molecular complexity index is 1810. The summed E-state index contributed by atoms with van der Waals surface area (Å²) in [6.45, 7) is 25.3. The third-order valence-corrected chi connectivity index (χ3v) is 16.6. The first-order chi connectivity index (χ1) is 29.5. The van der Waals surface area contributed by atoms with E-state index in [4.69, 9.17) is 37.9 Å². The zero-order valence-electron chi connectivity index (χ0n) is 40.2. The Hall–Kier alpha value is -3.60. The highest BCUT2D eigenvalue weighted by Gasteiger charge is 2.74. The summed E-state index contributed by atoms with van der Waals surface area (Å²) in [5, 5.41) is 25.2. The largest absolute Gasteiger partial charge is 0.463 e. The summed E-state index contributed by atoms with van der Waals surface area (Å²) in [6, 6.07) is 0. The molecule has 17 atom stereocenters. The van der Waals surface area contributed by atoms with Gasteiger partial charge in [-0.25, -0.2) is 0 Å². The summed E-state index contributed by atoms with van der Waals surface area (Å²) in [5.41, 5.74) is -2.50. The Balaban J connectivity index is 1.51. The van der Waals surface area contributed by atoms with Crippen LogP contribution in [0.15, 0.2) is 12.2 Å². The summed E-state index contributed by atoms with van der Waals surface area (Å²) in [7, 11) is 0. The fourth-order valence-corrected chi connectivity index (χ4v) is 13.7. The molecule has 0 aromatic rings. The van der Waals surface area contributed by atoms with Gasteiger partial charge in [0.05, 0.1) is 11.7 Å². The van der Waals surface area contributed by atoms with Crippen LogP contribution in [0.25, 0.3) is 0 Å². The lowest BCUT2D eigenvalue weighted by Gasteiger charge is -2.71. The molecule has 16 nitrogen and oxygen atoms in total.